The Morgan fingerprint density at radius 2 is 2.09 bits per heavy atom. The molecular formula is C23H27ClN6O2. The highest BCUT2D eigenvalue weighted by Crippen LogP contribution is 2.41. The molecule has 2 aliphatic rings. The summed E-state index contributed by atoms with van der Waals surface area (Å²) in [6, 6.07) is 9.66. The van der Waals surface area contributed by atoms with E-state index in [2.05, 4.69) is 20.0 Å². The smallest absolute Gasteiger partial charge is 0.164 e. The van der Waals surface area contributed by atoms with Crippen LogP contribution in [0.2, 0.25) is 5.02 Å². The average molecular weight is 455 g/mol. The zero-order valence-corrected chi connectivity index (χ0v) is 19.1. The van der Waals surface area contributed by atoms with Gasteiger partial charge in [-0.25, -0.2) is 9.97 Å². The maximum Gasteiger partial charge on any atom is 0.164 e. The predicted molar refractivity (Wildman–Crippen MR) is 127 cm³/mol. The van der Waals surface area contributed by atoms with Gasteiger partial charge in [0, 0.05) is 31.3 Å². The Kier molecular flexibility index (Phi) is 5.75. The Balaban J connectivity index is 1.50. The number of anilines is 2. The van der Waals surface area contributed by atoms with E-state index in [-0.39, 0.29) is 5.60 Å². The third-order valence-electron chi connectivity index (χ3n) is 6.18. The summed E-state index contributed by atoms with van der Waals surface area (Å²) in [5.74, 6) is 0.671. The molecule has 5 rings (SSSR count). The first-order valence-corrected chi connectivity index (χ1v) is 11.2. The number of hydrogen-bond donors (Lipinski definition) is 1. The summed E-state index contributed by atoms with van der Waals surface area (Å²) in [6.07, 6.45) is 3.98. The summed E-state index contributed by atoms with van der Waals surface area (Å²) in [5, 5.41) is 5.25. The number of rotatable bonds is 7. The van der Waals surface area contributed by atoms with E-state index >= 15 is 0 Å². The van der Waals surface area contributed by atoms with Crippen molar-refractivity contribution in [2.24, 2.45) is 5.10 Å². The molecule has 1 saturated heterocycles. The summed E-state index contributed by atoms with van der Waals surface area (Å²) in [4.78, 5) is 11.9. The predicted octanol–water partition coefficient (Wildman–Crippen LogP) is 3.94. The van der Waals surface area contributed by atoms with Gasteiger partial charge in [0.1, 0.15) is 5.52 Å². The maximum absolute atomic E-state index is 6.13. The van der Waals surface area contributed by atoms with E-state index in [0.29, 0.717) is 24.1 Å². The SMILES string of the molecule is COC1(Cn2cnc3c(N4CCOCC4)cc(N/N=C(\C)c4cccc(Cl)c4)nc32)CC1. The summed E-state index contributed by atoms with van der Waals surface area (Å²) >= 11 is 6.13. The molecule has 0 bridgehead atoms. The number of hydrazone groups is 1. The minimum Gasteiger partial charge on any atom is -0.378 e. The van der Waals surface area contributed by atoms with Crippen LogP contribution in [-0.2, 0) is 16.0 Å². The van der Waals surface area contributed by atoms with Crippen molar-refractivity contribution >= 4 is 40.0 Å². The molecule has 1 N–H and O–H groups in total. The van der Waals surface area contributed by atoms with E-state index in [4.69, 9.17) is 31.0 Å². The van der Waals surface area contributed by atoms with Crippen LogP contribution in [0.25, 0.3) is 11.2 Å². The van der Waals surface area contributed by atoms with E-state index in [1.54, 1.807) is 7.11 Å². The van der Waals surface area contributed by atoms with E-state index in [1.165, 1.54) is 0 Å². The maximum atomic E-state index is 6.13. The van der Waals surface area contributed by atoms with Gasteiger partial charge in [-0.1, -0.05) is 23.7 Å². The first-order valence-electron chi connectivity index (χ1n) is 10.9. The molecule has 0 spiro atoms. The number of nitrogens with one attached hydrogen (secondary N) is 1. The number of methoxy groups -OCH3 is 1. The molecule has 1 aliphatic carbocycles. The molecule has 2 aromatic heterocycles. The number of hydrogen-bond acceptors (Lipinski definition) is 7. The normalized spacial score (nSPS) is 18.2. The number of aromatic nitrogens is 3. The van der Waals surface area contributed by atoms with E-state index in [1.807, 2.05) is 43.6 Å². The summed E-state index contributed by atoms with van der Waals surface area (Å²) in [5.41, 5.74) is 7.59. The number of benzene rings is 1. The van der Waals surface area contributed by atoms with Gasteiger partial charge in [-0.15, -0.1) is 0 Å². The van der Waals surface area contributed by atoms with Gasteiger partial charge in [0.2, 0.25) is 0 Å². The van der Waals surface area contributed by atoms with Crippen LogP contribution in [0.1, 0.15) is 25.3 Å². The summed E-state index contributed by atoms with van der Waals surface area (Å²) < 4.78 is 13.4. The fraction of sp³-hybridized carbons (Fsp3) is 0.435. The number of morpholine rings is 1. The van der Waals surface area contributed by atoms with Gasteiger partial charge in [0.25, 0.3) is 0 Å². The van der Waals surface area contributed by atoms with Crippen molar-refractivity contribution < 1.29 is 9.47 Å². The third kappa shape index (κ3) is 4.30. The number of nitrogens with zero attached hydrogens (tertiary/aromatic N) is 5. The molecule has 168 valence electrons. The summed E-state index contributed by atoms with van der Waals surface area (Å²) in [6.45, 7) is 5.72. The van der Waals surface area contributed by atoms with Gasteiger partial charge in [-0.3, -0.25) is 5.43 Å². The monoisotopic (exact) mass is 454 g/mol. The van der Waals surface area contributed by atoms with Gasteiger partial charge >= 0.3 is 0 Å². The lowest BCUT2D eigenvalue weighted by Crippen LogP contribution is -2.36. The minimum absolute atomic E-state index is 0.0980. The number of imidazole rings is 1. The van der Waals surface area contributed by atoms with Gasteiger partial charge in [-0.05, 0) is 37.5 Å². The van der Waals surface area contributed by atoms with E-state index in [9.17, 15) is 0 Å². The van der Waals surface area contributed by atoms with Crippen LogP contribution < -0.4 is 10.3 Å². The number of ether oxygens (including phenoxy) is 2. The Morgan fingerprint density at radius 3 is 2.81 bits per heavy atom. The highest BCUT2D eigenvalue weighted by molar-refractivity contribution is 6.31. The second kappa shape index (κ2) is 8.69. The number of fused-ring (bicyclic) bond motifs is 1. The first-order chi connectivity index (χ1) is 15.6. The lowest BCUT2D eigenvalue weighted by Gasteiger charge is -2.29. The molecule has 8 nitrogen and oxygen atoms in total. The van der Waals surface area contributed by atoms with Crippen LogP contribution in [-0.4, -0.2) is 59.3 Å². The molecule has 1 saturated carbocycles. The van der Waals surface area contributed by atoms with Crippen LogP contribution >= 0.6 is 11.6 Å². The highest BCUT2D eigenvalue weighted by atomic mass is 35.5. The molecule has 0 amide bonds. The van der Waals surface area contributed by atoms with Crippen LogP contribution in [0.3, 0.4) is 0 Å². The quantitative estimate of drug-likeness (QED) is 0.430. The Bertz CT molecular complexity index is 1150. The Labute approximate surface area is 192 Å². The molecule has 0 radical (unpaired) electrons. The van der Waals surface area contributed by atoms with Crippen LogP contribution in [0.5, 0.6) is 0 Å². The van der Waals surface area contributed by atoms with E-state index < -0.39 is 0 Å². The lowest BCUT2D eigenvalue weighted by atomic mass is 10.1. The highest BCUT2D eigenvalue weighted by Gasteiger charge is 2.43. The van der Waals surface area contributed by atoms with Crippen molar-refractivity contribution in [2.75, 3.05) is 43.7 Å². The van der Waals surface area contributed by atoms with Crippen molar-refractivity contribution in [1.82, 2.24) is 14.5 Å². The molecule has 2 fully saturated rings. The largest absolute Gasteiger partial charge is 0.378 e. The molecule has 3 aromatic rings. The second-order valence-electron chi connectivity index (χ2n) is 8.38. The van der Waals surface area contributed by atoms with Crippen molar-refractivity contribution in [3.8, 4) is 0 Å². The molecular weight excluding hydrogens is 428 g/mol. The Morgan fingerprint density at radius 1 is 1.28 bits per heavy atom. The molecule has 1 aromatic carbocycles. The fourth-order valence-electron chi connectivity index (χ4n) is 4.03. The molecule has 0 atom stereocenters. The topological polar surface area (TPSA) is 76.8 Å². The Hall–Kier alpha value is -2.68. The molecule has 32 heavy (non-hydrogen) atoms. The van der Waals surface area contributed by atoms with Crippen molar-refractivity contribution in [3.05, 3.63) is 47.2 Å². The van der Waals surface area contributed by atoms with Crippen LogP contribution in [0, 0.1) is 0 Å². The lowest BCUT2D eigenvalue weighted by molar-refractivity contribution is 0.0659. The summed E-state index contributed by atoms with van der Waals surface area (Å²) in [7, 11) is 1.78. The van der Waals surface area contributed by atoms with E-state index in [0.717, 1.165) is 60.6 Å². The number of halogens is 1. The first kappa shape index (κ1) is 21.2. The van der Waals surface area contributed by atoms with Crippen molar-refractivity contribution in [2.45, 2.75) is 31.9 Å². The van der Waals surface area contributed by atoms with Crippen molar-refractivity contribution in [1.29, 1.82) is 0 Å². The second-order valence-corrected chi connectivity index (χ2v) is 8.81. The molecule has 9 heteroatoms. The van der Waals surface area contributed by atoms with Crippen LogP contribution in [0.4, 0.5) is 11.5 Å². The van der Waals surface area contributed by atoms with Gasteiger partial charge < -0.3 is 18.9 Å². The van der Waals surface area contributed by atoms with Crippen LogP contribution in [0.15, 0.2) is 41.8 Å². The minimum atomic E-state index is -0.0980. The van der Waals surface area contributed by atoms with Crippen molar-refractivity contribution in [3.63, 3.8) is 0 Å². The zero-order chi connectivity index (χ0) is 22.1. The molecule has 3 heterocycles. The number of pyridine rings is 1. The zero-order valence-electron chi connectivity index (χ0n) is 18.3. The fourth-order valence-corrected chi connectivity index (χ4v) is 4.22. The van der Waals surface area contributed by atoms with Gasteiger partial charge in [0.05, 0.1) is 43.1 Å². The molecule has 1 aliphatic heterocycles. The van der Waals surface area contributed by atoms with Gasteiger partial charge in [-0.2, -0.15) is 5.10 Å². The average Bonchev–Trinajstić information content (AvgIpc) is 3.49. The van der Waals surface area contributed by atoms with Gasteiger partial charge in [0.15, 0.2) is 11.5 Å². The standard InChI is InChI=1S/C23H27ClN6O2/c1-16(17-4-3-5-18(24)12-17)27-28-20-13-19(29-8-10-32-11-9-29)21-22(26-20)30(15-25-21)14-23(31-2)6-7-23/h3-5,12-13,15H,6-11,14H2,1-2H3,(H,26,28)/b27-16+. The third-order valence-corrected chi connectivity index (χ3v) is 6.42. The molecule has 0 unspecified atom stereocenters.